The van der Waals surface area contributed by atoms with Gasteiger partial charge in [-0.3, -0.25) is 14.4 Å². The van der Waals surface area contributed by atoms with E-state index in [1.165, 1.54) is 0 Å². The number of cyclic esters (lactones) is 1. The SMILES string of the molecule is CC[C@H](C)[C@H](CO)N1C(=O)[C@@H]2[C@@H]3C(=O)OCCC/C=C\[C@]3(C)S[C@@]23C=CCN(c2c(C)cccc2C)C(=O)C13. The molecule has 8 heteroatoms. The first-order chi connectivity index (χ1) is 18.6. The number of para-hydroxylation sites is 1. The number of hydrogen-bond donors (Lipinski definition) is 1. The average molecular weight is 553 g/mol. The Labute approximate surface area is 235 Å². The summed E-state index contributed by atoms with van der Waals surface area (Å²) in [5, 5.41) is 10.6. The Kier molecular flexibility index (Phi) is 7.48. The van der Waals surface area contributed by atoms with Gasteiger partial charge in [-0.1, -0.05) is 62.8 Å². The topological polar surface area (TPSA) is 87.2 Å². The molecule has 7 atom stereocenters. The van der Waals surface area contributed by atoms with Gasteiger partial charge in [-0.15, -0.1) is 11.8 Å². The van der Waals surface area contributed by atoms with E-state index in [2.05, 4.69) is 12.2 Å². The van der Waals surface area contributed by atoms with Crippen molar-refractivity contribution in [1.82, 2.24) is 4.90 Å². The number of amides is 2. The number of carbonyl (C=O) groups excluding carboxylic acids is 3. The van der Waals surface area contributed by atoms with Crippen LogP contribution in [0.5, 0.6) is 0 Å². The first-order valence-electron chi connectivity index (χ1n) is 14.1. The molecule has 0 saturated carbocycles. The second kappa shape index (κ2) is 10.4. The minimum atomic E-state index is -0.970. The molecule has 1 aromatic rings. The molecule has 1 N–H and O–H groups in total. The number of rotatable bonds is 5. The van der Waals surface area contributed by atoms with E-state index in [1.54, 1.807) is 21.6 Å². The lowest BCUT2D eigenvalue weighted by atomic mass is 9.74. The molecule has 1 unspecified atom stereocenters. The van der Waals surface area contributed by atoms with Gasteiger partial charge >= 0.3 is 5.97 Å². The van der Waals surface area contributed by atoms with Crippen LogP contribution < -0.4 is 4.90 Å². The van der Waals surface area contributed by atoms with Crippen molar-refractivity contribution < 1.29 is 24.2 Å². The predicted octanol–water partition coefficient (Wildman–Crippen LogP) is 4.19. The van der Waals surface area contributed by atoms with E-state index < -0.39 is 33.4 Å². The van der Waals surface area contributed by atoms with Crippen LogP contribution in [0.1, 0.15) is 51.2 Å². The number of benzene rings is 1. The van der Waals surface area contributed by atoms with Crippen LogP contribution in [0.15, 0.2) is 42.5 Å². The molecule has 4 aliphatic rings. The highest BCUT2D eigenvalue weighted by Crippen LogP contribution is 2.65. The van der Waals surface area contributed by atoms with Gasteiger partial charge in [-0.05, 0) is 50.7 Å². The van der Waals surface area contributed by atoms with E-state index in [-0.39, 0.29) is 30.3 Å². The van der Waals surface area contributed by atoms with Gasteiger partial charge in [0.15, 0.2) is 0 Å². The van der Waals surface area contributed by atoms with Crippen molar-refractivity contribution in [2.24, 2.45) is 17.8 Å². The number of esters is 1. The Balaban J connectivity index is 1.72. The number of ether oxygens (including phenoxy) is 1. The maximum Gasteiger partial charge on any atom is 0.311 e. The third kappa shape index (κ3) is 4.26. The van der Waals surface area contributed by atoms with Crippen molar-refractivity contribution in [3.8, 4) is 0 Å². The maximum absolute atomic E-state index is 14.8. The molecular weight excluding hydrogens is 512 g/mol. The van der Waals surface area contributed by atoms with Gasteiger partial charge in [0.1, 0.15) is 6.04 Å². The molecule has 39 heavy (non-hydrogen) atoms. The fourth-order valence-electron chi connectivity index (χ4n) is 7.18. The lowest BCUT2D eigenvalue weighted by Gasteiger charge is -2.41. The number of likely N-dealkylation sites (tertiary alicyclic amines) is 1. The third-order valence-corrected chi connectivity index (χ3v) is 11.0. The number of thioether (sulfide) groups is 1. The Morgan fingerprint density at radius 3 is 2.49 bits per heavy atom. The smallest absolute Gasteiger partial charge is 0.311 e. The number of aryl methyl sites for hydroxylation is 2. The van der Waals surface area contributed by atoms with Gasteiger partial charge in [0.25, 0.3) is 5.91 Å². The number of aliphatic hydroxyl groups is 1. The van der Waals surface area contributed by atoms with E-state index in [0.29, 0.717) is 13.2 Å². The molecule has 210 valence electrons. The predicted molar refractivity (Wildman–Crippen MR) is 153 cm³/mol. The Bertz CT molecular complexity index is 1210. The van der Waals surface area contributed by atoms with Crippen LogP contribution in [0.3, 0.4) is 0 Å². The zero-order valence-corrected chi connectivity index (χ0v) is 24.4. The van der Waals surface area contributed by atoms with Crippen LogP contribution in [0, 0.1) is 31.6 Å². The Hall–Kier alpha value is -2.58. The monoisotopic (exact) mass is 552 g/mol. The molecule has 0 radical (unpaired) electrons. The van der Waals surface area contributed by atoms with Crippen LogP contribution in [0.25, 0.3) is 0 Å². The van der Waals surface area contributed by atoms with Crippen molar-refractivity contribution in [1.29, 1.82) is 0 Å². The summed E-state index contributed by atoms with van der Waals surface area (Å²) in [5.41, 5.74) is 2.81. The fourth-order valence-corrected chi connectivity index (χ4v) is 9.32. The number of allylic oxidation sites excluding steroid dienone is 1. The molecule has 0 aromatic heterocycles. The van der Waals surface area contributed by atoms with Crippen LogP contribution in [0.4, 0.5) is 5.69 Å². The quantitative estimate of drug-likeness (QED) is 0.435. The van der Waals surface area contributed by atoms with Gasteiger partial charge in [0.05, 0.1) is 35.8 Å². The zero-order valence-electron chi connectivity index (χ0n) is 23.6. The van der Waals surface area contributed by atoms with Crippen LogP contribution >= 0.6 is 11.8 Å². The number of aliphatic hydroxyl groups excluding tert-OH is 1. The second-order valence-corrected chi connectivity index (χ2v) is 13.5. The summed E-state index contributed by atoms with van der Waals surface area (Å²) in [4.78, 5) is 46.5. The van der Waals surface area contributed by atoms with Crippen LogP contribution in [-0.4, -0.2) is 69.1 Å². The molecule has 2 saturated heterocycles. The summed E-state index contributed by atoms with van der Waals surface area (Å²) in [6.07, 6.45) is 10.4. The lowest BCUT2D eigenvalue weighted by Crippen LogP contribution is -2.58. The first-order valence-corrected chi connectivity index (χ1v) is 15.0. The van der Waals surface area contributed by atoms with Gasteiger partial charge in [-0.2, -0.15) is 0 Å². The van der Waals surface area contributed by atoms with Crippen molar-refractivity contribution in [3.05, 3.63) is 53.6 Å². The molecule has 2 fully saturated rings. The van der Waals surface area contributed by atoms with Crippen molar-refractivity contribution >= 4 is 35.2 Å². The summed E-state index contributed by atoms with van der Waals surface area (Å²) in [6, 6.07) is 4.56. The molecule has 5 rings (SSSR count). The van der Waals surface area contributed by atoms with Gasteiger partial charge in [-0.25, -0.2) is 0 Å². The minimum absolute atomic E-state index is 0.0349. The summed E-state index contributed by atoms with van der Waals surface area (Å²) in [7, 11) is 0. The molecule has 0 aliphatic carbocycles. The molecule has 2 amide bonds. The van der Waals surface area contributed by atoms with E-state index in [9.17, 15) is 19.5 Å². The minimum Gasteiger partial charge on any atom is -0.465 e. The molecule has 4 aliphatic heterocycles. The van der Waals surface area contributed by atoms with Crippen molar-refractivity contribution in [2.45, 2.75) is 75.5 Å². The van der Waals surface area contributed by atoms with Crippen LogP contribution in [-0.2, 0) is 19.1 Å². The fraction of sp³-hybridized carbons (Fsp3) is 0.581. The summed E-state index contributed by atoms with van der Waals surface area (Å²) in [6.45, 7) is 10.4. The standard InChI is InChI=1S/C31H40N2O5S/c1-6-19(2)22(18-34)33-26-28(36)32(25-20(3)12-10-13-21(25)4)16-11-15-31(26)23(27(33)35)24-29(37)38-17-9-7-8-14-30(24,5)39-31/h8,10-15,19,22-24,26,34H,6-7,9,16-18H2,1-5H3/b14-8-/t19-,22-,23-,24+,26?,30-,31-/m0/s1. The third-order valence-electron chi connectivity index (χ3n) is 9.24. The first kappa shape index (κ1) is 28.0. The summed E-state index contributed by atoms with van der Waals surface area (Å²) < 4.78 is 4.03. The normalized spacial score (nSPS) is 34.7. The summed E-state index contributed by atoms with van der Waals surface area (Å²) >= 11 is 1.55. The highest BCUT2D eigenvalue weighted by molar-refractivity contribution is 8.02. The highest BCUT2D eigenvalue weighted by Gasteiger charge is 2.74. The highest BCUT2D eigenvalue weighted by atomic mass is 32.2. The molecule has 1 spiro atoms. The second-order valence-electron chi connectivity index (χ2n) is 11.7. The molecule has 0 bridgehead atoms. The Morgan fingerprint density at radius 1 is 1.10 bits per heavy atom. The van der Waals surface area contributed by atoms with Crippen molar-refractivity contribution in [3.63, 3.8) is 0 Å². The average Bonchev–Trinajstić information content (AvgIpc) is 3.25. The molecule has 4 heterocycles. The number of hydrogen-bond acceptors (Lipinski definition) is 6. The number of anilines is 1. The van der Waals surface area contributed by atoms with E-state index in [4.69, 9.17) is 4.74 Å². The Morgan fingerprint density at radius 2 is 1.82 bits per heavy atom. The number of carbonyl (C=O) groups is 3. The molecule has 7 nitrogen and oxygen atoms in total. The van der Waals surface area contributed by atoms with Crippen molar-refractivity contribution in [2.75, 3.05) is 24.7 Å². The summed E-state index contributed by atoms with van der Waals surface area (Å²) in [5.74, 6) is -2.34. The largest absolute Gasteiger partial charge is 0.465 e. The van der Waals surface area contributed by atoms with Gasteiger partial charge in [0, 0.05) is 17.0 Å². The van der Waals surface area contributed by atoms with Crippen LogP contribution in [0.2, 0.25) is 0 Å². The van der Waals surface area contributed by atoms with Gasteiger partial charge in [0.2, 0.25) is 5.91 Å². The number of nitrogens with zero attached hydrogens (tertiary/aromatic N) is 2. The van der Waals surface area contributed by atoms with E-state index in [0.717, 1.165) is 36.1 Å². The maximum atomic E-state index is 14.8. The zero-order chi connectivity index (χ0) is 28.1. The van der Waals surface area contributed by atoms with Gasteiger partial charge < -0.3 is 19.6 Å². The lowest BCUT2D eigenvalue weighted by molar-refractivity contribution is -0.154. The van der Waals surface area contributed by atoms with E-state index >= 15 is 0 Å². The molecule has 1 aromatic carbocycles. The van der Waals surface area contributed by atoms with E-state index in [1.807, 2.05) is 65.0 Å². The molecular formula is C31H40N2O5S. The number of fused-ring (bicyclic) bond motifs is 2.